The molecule has 5 nitrogen and oxygen atoms in total. The number of carbonyl (C=O) groups is 1. The lowest BCUT2D eigenvalue weighted by atomic mass is 9.84. The normalized spacial score (nSPS) is 24.1. The molecule has 1 aromatic carbocycles. The first-order valence-electron chi connectivity index (χ1n) is 10.4. The molecule has 2 aliphatic carbocycles. The summed E-state index contributed by atoms with van der Waals surface area (Å²) in [7, 11) is 0. The van der Waals surface area contributed by atoms with Gasteiger partial charge in [0.05, 0.1) is 12.0 Å². The van der Waals surface area contributed by atoms with Crippen molar-refractivity contribution in [1.82, 2.24) is 14.8 Å². The maximum absolute atomic E-state index is 12.6. The molecular weight excluding hydrogens is 382 g/mol. The Kier molecular flexibility index (Phi) is 5.04. The van der Waals surface area contributed by atoms with Crippen molar-refractivity contribution in [2.24, 2.45) is 17.8 Å². The number of furan rings is 1. The molecule has 2 bridgehead atoms. The van der Waals surface area contributed by atoms with E-state index in [9.17, 15) is 4.79 Å². The van der Waals surface area contributed by atoms with E-state index < -0.39 is 0 Å². The summed E-state index contributed by atoms with van der Waals surface area (Å²) in [5.41, 5.74) is 0.735. The van der Waals surface area contributed by atoms with Crippen LogP contribution in [-0.2, 0) is 0 Å². The van der Waals surface area contributed by atoms with Gasteiger partial charge < -0.3 is 4.42 Å². The zero-order valence-corrected chi connectivity index (χ0v) is 17.3. The quantitative estimate of drug-likeness (QED) is 0.382. The fourth-order valence-corrected chi connectivity index (χ4v) is 6.15. The van der Waals surface area contributed by atoms with Crippen LogP contribution in [0.15, 0.2) is 58.3 Å². The van der Waals surface area contributed by atoms with Gasteiger partial charge in [-0.1, -0.05) is 48.5 Å². The first-order chi connectivity index (χ1) is 14.2. The van der Waals surface area contributed by atoms with Crippen LogP contribution in [0.3, 0.4) is 0 Å². The zero-order chi connectivity index (χ0) is 19.8. The van der Waals surface area contributed by atoms with Crippen LogP contribution < -0.4 is 0 Å². The Bertz CT molecular complexity index is 983. The minimum Gasteiger partial charge on any atom is -0.461 e. The molecule has 0 spiro atoms. The molecule has 4 unspecified atom stereocenters. The van der Waals surface area contributed by atoms with Crippen LogP contribution in [0.4, 0.5) is 0 Å². The fraction of sp³-hybridized carbons (Fsp3) is 0.435. The molecule has 29 heavy (non-hydrogen) atoms. The number of carbonyl (C=O) groups excluding carboxylic acids is 1. The van der Waals surface area contributed by atoms with Gasteiger partial charge in [0.25, 0.3) is 0 Å². The van der Waals surface area contributed by atoms with Gasteiger partial charge in [-0.3, -0.25) is 9.36 Å². The molecule has 0 radical (unpaired) electrons. The standard InChI is InChI=1S/C23H25N3O2S/c1-15(19-13-16-9-10-18(19)12-16)26-22(21-8-5-11-28-21)24-25-23(26)29-14-20(27)17-6-3-2-4-7-17/h2-8,11,15-16,18-19H,9-10,12-14H2,1H3. The van der Waals surface area contributed by atoms with Gasteiger partial charge in [-0.2, -0.15) is 0 Å². The van der Waals surface area contributed by atoms with Gasteiger partial charge >= 0.3 is 0 Å². The Morgan fingerprint density at radius 2 is 2.03 bits per heavy atom. The van der Waals surface area contributed by atoms with Crippen LogP contribution in [0.1, 0.15) is 49.0 Å². The summed E-state index contributed by atoms with van der Waals surface area (Å²) in [6.45, 7) is 2.28. The number of Topliss-reactive ketones (excluding diaryl/α,β-unsaturated/α-hetero) is 1. The second-order valence-electron chi connectivity index (χ2n) is 8.31. The number of rotatable bonds is 7. The summed E-state index contributed by atoms with van der Waals surface area (Å²) < 4.78 is 7.86. The largest absolute Gasteiger partial charge is 0.461 e. The highest BCUT2D eigenvalue weighted by Gasteiger charge is 2.43. The SMILES string of the molecule is CC(C1CC2CCC1C2)n1c(SCC(=O)c2ccccc2)nnc1-c1ccco1. The summed E-state index contributed by atoms with van der Waals surface area (Å²) in [6.07, 6.45) is 7.04. The van der Waals surface area contributed by atoms with E-state index in [0.29, 0.717) is 11.7 Å². The van der Waals surface area contributed by atoms with Gasteiger partial charge in [0.2, 0.25) is 5.82 Å². The zero-order valence-electron chi connectivity index (χ0n) is 16.5. The Morgan fingerprint density at radius 1 is 1.17 bits per heavy atom. The van der Waals surface area contributed by atoms with Crippen LogP contribution in [0.25, 0.3) is 11.6 Å². The highest BCUT2D eigenvalue weighted by atomic mass is 32.2. The van der Waals surface area contributed by atoms with Crippen molar-refractivity contribution < 1.29 is 9.21 Å². The minimum atomic E-state index is 0.109. The third kappa shape index (κ3) is 3.54. The van der Waals surface area contributed by atoms with E-state index in [1.54, 1.807) is 6.26 Å². The van der Waals surface area contributed by atoms with E-state index >= 15 is 0 Å². The van der Waals surface area contributed by atoms with Crippen molar-refractivity contribution in [3.63, 3.8) is 0 Å². The van der Waals surface area contributed by atoms with E-state index in [-0.39, 0.29) is 11.8 Å². The van der Waals surface area contributed by atoms with Crippen LogP contribution in [0, 0.1) is 17.8 Å². The second-order valence-corrected chi connectivity index (χ2v) is 9.25. The average Bonchev–Trinajstić information content (AvgIpc) is 3.55. The van der Waals surface area contributed by atoms with Crippen LogP contribution >= 0.6 is 11.8 Å². The third-order valence-electron chi connectivity index (χ3n) is 6.65. The molecule has 3 aromatic rings. The fourth-order valence-electron chi connectivity index (χ4n) is 5.23. The van der Waals surface area contributed by atoms with Gasteiger partial charge in [0.15, 0.2) is 16.7 Å². The molecule has 6 heteroatoms. The third-order valence-corrected chi connectivity index (χ3v) is 7.60. The topological polar surface area (TPSA) is 60.9 Å². The monoisotopic (exact) mass is 407 g/mol. The summed E-state index contributed by atoms with van der Waals surface area (Å²) in [6, 6.07) is 13.5. The number of thioether (sulfide) groups is 1. The van der Waals surface area contributed by atoms with Gasteiger partial charge in [-0.05, 0) is 56.1 Å². The highest BCUT2D eigenvalue weighted by Crippen LogP contribution is 2.52. The van der Waals surface area contributed by atoms with Gasteiger partial charge in [-0.15, -0.1) is 10.2 Å². The van der Waals surface area contributed by atoms with Crippen LogP contribution in [-0.4, -0.2) is 26.3 Å². The summed E-state index contributed by atoms with van der Waals surface area (Å²) in [4.78, 5) is 12.6. The second kappa shape index (κ2) is 7.82. The van der Waals surface area contributed by atoms with Crippen LogP contribution in [0.2, 0.25) is 0 Å². The predicted molar refractivity (Wildman–Crippen MR) is 113 cm³/mol. The molecule has 0 saturated heterocycles. The molecule has 2 heterocycles. The molecule has 2 saturated carbocycles. The van der Waals surface area contributed by atoms with Crippen molar-refractivity contribution in [3.05, 3.63) is 54.3 Å². The number of ketones is 1. The van der Waals surface area contributed by atoms with Gasteiger partial charge in [0, 0.05) is 11.6 Å². The molecule has 0 aliphatic heterocycles. The lowest BCUT2D eigenvalue weighted by molar-refractivity contribution is 0.102. The van der Waals surface area contributed by atoms with Crippen molar-refractivity contribution in [1.29, 1.82) is 0 Å². The maximum atomic E-state index is 12.6. The van der Waals surface area contributed by atoms with Gasteiger partial charge in [0.1, 0.15) is 0 Å². The Hall–Kier alpha value is -2.34. The van der Waals surface area contributed by atoms with Crippen molar-refractivity contribution in [3.8, 4) is 11.6 Å². The van der Waals surface area contributed by atoms with E-state index in [2.05, 4.69) is 21.7 Å². The Morgan fingerprint density at radius 3 is 2.72 bits per heavy atom. The molecule has 0 amide bonds. The van der Waals surface area contributed by atoms with Crippen molar-refractivity contribution in [2.75, 3.05) is 5.75 Å². The minimum absolute atomic E-state index is 0.109. The molecule has 150 valence electrons. The summed E-state index contributed by atoms with van der Waals surface area (Å²) in [5, 5.41) is 9.71. The van der Waals surface area contributed by atoms with E-state index in [4.69, 9.17) is 4.42 Å². The van der Waals surface area contributed by atoms with Crippen LogP contribution in [0.5, 0.6) is 0 Å². The number of hydrogen-bond acceptors (Lipinski definition) is 5. The molecule has 4 atom stereocenters. The summed E-state index contributed by atoms with van der Waals surface area (Å²) in [5.74, 6) is 4.27. The van der Waals surface area contributed by atoms with Crippen molar-refractivity contribution in [2.45, 2.75) is 43.8 Å². The van der Waals surface area contributed by atoms with Gasteiger partial charge in [-0.25, -0.2) is 0 Å². The molecule has 2 fully saturated rings. The first kappa shape index (κ1) is 18.7. The smallest absolute Gasteiger partial charge is 0.200 e. The number of benzene rings is 1. The molecule has 5 rings (SSSR count). The van der Waals surface area contributed by atoms with E-state index in [1.807, 2.05) is 42.5 Å². The Labute approximate surface area is 174 Å². The lowest BCUT2D eigenvalue weighted by Gasteiger charge is -2.30. The molecule has 2 aromatic heterocycles. The van der Waals surface area contributed by atoms with Crippen molar-refractivity contribution >= 4 is 17.5 Å². The number of fused-ring (bicyclic) bond motifs is 2. The van der Waals surface area contributed by atoms with E-state index in [1.165, 1.54) is 37.4 Å². The molecular formula is C23H25N3O2S. The summed E-state index contributed by atoms with van der Waals surface area (Å²) >= 11 is 1.47. The predicted octanol–water partition coefficient (Wildman–Crippen LogP) is 5.51. The molecule has 0 N–H and O–H groups in total. The number of nitrogens with zero attached hydrogens (tertiary/aromatic N) is 3. The molecule has 2 aliphatic rings. The maximum Gasteiger partial charge on any atom is 0.200 e. The lowest BCUT2D eigenvalue weighted by Crippen LogP contribution is -2.23. The highest BCUT2D eigenvalue weighted by molar-refractivity contribution is 7.99. The number of aromatic nitrogens is 3. The average molecular weight is 408 g/mol. The Balaban J connectivity index is 1.42. The number of hydrogen-bond donors (Lipinski definition) is 0. The van der Waals surface area contributed by atoms with E-state index in [0.717, 1.165) is 34.1 Å². The first-order valence-corrected chi connectivity index (χ1v) is 11.4.